The Labute approximate surface area is 99.6 Å². The van der Waals surface area contributed by atoms with E-state index in [1.165, 1.54) is 19.4 Å². The van der Waals surface area contributed by atoms with E-state index >= 15 is 0 Å². The van der Waals surface area contributed by atoms with Crippen molar-refractivity contribution < 1.29 is 0 Å². The normalized spacial score (nSPS) is 16.2. The Morgan fingerprint density at radius 2 is 2.33 bits per heavy atom. The molecule has 4 heteroatoms. The van der Waals surface area contributed by atoms with Gasteiger partial charge in [-0.15, -0.1) is 0 Å². The Morgan fingerprint density at radius 3 is 2.87 bits per heavy atom. The number of alkyl halides is 1. The number of nitrogens with zero attached hydrogens (tertiary/aromatic N) is 3. The minimum absolute atomic E-state index is 0.853. The molecule has 1 aromatic rings. The van der Waals surface area contributed by atoms with Gasteiger partial charge in [0.2, 0.25) is 0 Å². The molecule has 0 aromatic carbocycles. The van der Waals surface area contributed by atoms with Crippen molar-refractivity contribution in [2.45, 2.75) is 32.4 Å². The Bertz CT molecular complexity index is 307. The van der Waals surface area contributed by atoms with E-state index in [9.17, 15) is 0 Å². The third kappa shape index (κ3) is 3.05. The van der Waals surface area contributed by atoms with Gasteiger partial charge in [0.1, 0.15) is 5.82 Å². The van der Waals surface area contributed by atoms with E-state index in [1.54, 1.807) is 0 Å². The van der Waals surface area contributed by atoms with Gasteiger partial charge in [-0.1, -0.05) is 15.9 Å². The van der Waals surface area contributed by atoms with Crippen LogP contribution in [-0.2, 0) is 6.54 Å². The monoisotopic (exact) mass is 271 g/mol. The maximum atomic E-state index is 4.24. The molecule has 2 rings (SSSR count). The molecule has 0 bridgehead atoms. The van der Waals surface area contributed by atoms with Crippen LogP contribution < -0.4 is 0 Å². The number of hydrogen-bond donors (Lipinski definition) is 0. The maximum absolute atomic E-state index is 4.24. The van der Waals surface area contributed by atoms with Gasteiger partial charge in [-0.3, -0.25) is 4.90 Å². The summed E-state index contributed by atoms with van der Waals surface area (Å²) in [5.74, 6) is 1.12. The van der Waals surface area contributed by atoms with E-state index in [2.05, 4.69) is 43.5 Å². The molecule has 1 fully saturated rings. The molecule has 15 heavy (non-hydrogen) atoms. The van der Waals surface area contributed by atoms with Crippen molar-refractivity contribution in [1.29, 1.82) is 0 Å². The summed E-state index contributed by atoms with van der Waals surface area (Å²) in [6.07, 6.45) is 6.71. The lowest BCUT2D eigenvalue weighted by Gasteiger charge is -2.21. The van der Waals surface area contributed by atoms with Gasteiger partial charge in [0.15, 0.2) is 0 Å². The van der Waals surface area contributed by atoms with Gasteiger partial charge >= 0.3 is 0 Å². The second kappa shape index (κ2) is 5.12. The van der Waals surface area contributed by atoms with Gasteiger partial charge in [-0.2, -0.15) is 0 Å². The fraction of sp³-hybridized carbons (Fsp3) is 0.727. The van der Waals surface area contributed by atoms with Crippen LogP contribution >= 0.6 is 15.9 Å². The third-order valence-electron chi connectivity index (χ3n) is 2.99. The van der Waals surface area contributed by atoms with E-state index in [0.717, 1.165) is 30.3 Å². The van der Waals surface area contributed by atoms with Crippen molar-refractivity contribution in [2.24, 2.45) is 0 Å². The highest BCUT2D eigenvalue weighted by atomic mass is 79.9. The number of rotatable bonds is 6. The lowest BCUT2D eigenvalue weighted by atomic mass is 10.4. The van der Waals surface area contributed by atoms with Crippen LogP contribution in [0.3, 0.4) is 0 Å². The Kier molecular flexibility index (Phi) is 3.81. The maximum Gasteiger partial charge on any atom is 0.105 e. The van der Waals surface area contributed by atoms with E-state index in [0.29, 0.717) is 0 Å². The lowest BCUT2D eigenvalue weighted by molar-refractivity contribution is 0.268. The van der Waals surface area contributed by atoms with Crippen molar-refractivity contribution in [2.75, 3.05) is 18.4 Å². The summed E-state index contributed by atoms with van der Waals surface area (Å²) < 4.78 is 2.23. The predicted molar refractivity (Wildman–Crippen MR) is 65.4 cm³/mol. The Morgan fingerprint density at radius 1 is 1.53 bits per heavy atom. The Hall–Kier alpha value is -0.350. The second-order valence-corrected chi connectivity index (χ2v) is 4.92. The molecule has 0 saturated heterocycles. The summed E-state index contributed by atoms with van der Waals surface area (Å²) in [7, 11) is 0. The molecule has 0 amide bonds. The molecule has 0 unspecified atom stereocenters. The van der Waals surface area contributed by atoms with Gasteiger partial charge in [0, 0.05) is 43.4 Å². The quantitative estimate of drug-likeness (QED) is 0.739. The molecular weight excluding hydrogens is 254 g/mol. The molecule has 1 aromatic heterocycles. The lowest BCUT2D eigenvalue weighted by Crippen LogP contribution is -2.31. The van der Waals surface area contributed by atoms with Crippen LogP contribution in [0.4, 0.5) is 0 Å². The highest BCUT2D eigenvalue weighted by Crippen LogP contribution is 2.26. The first-order valence-corrected chi connectivity index (χ1v) is 6.71. The van der Waals surface area contributed by atoms with Gasteiger partial charge in [0.05, 0.1) is 0 Å². The van der Waals surface area contributed by atoms with Crippen LogP contribution in [-0.4, -0.2) is 38.9 Å². The first-order valence-electron chi connectivity index (χ1n) is 5.59. The standard InChI is InChI=1S/C11H18BrN3/c1-10-13-5-7-14(10)8-9-15(6-4-12)11-2-3-11/h5,7,11H,2-4,6,8-9H2,1H3. The first-order chi connectivity index (χ1) is 7.31. The molecule has 84 valence electrons. The average molecular weight is 272 g/mol. The third-order valence-corrected chi connectivity index (χ3v) is 3.34. The van der Waals surface area contributed by atoms with Crippen LogP contribution in [0.5, 0.6) is 0 Å². The number of imidazole rings is 1. The van der Waals surface area contributed by atoms with Gasteiger partial charge in [-0.05, 0) is 19.8 Å². The van der Waals surface area contributed by atoms with Crippen molar-refractivity contribution >= 4 is 15.9 Å². The van der Waals surface area contributed by atoms with Crippen LogP contribution in [0.15, 0.2) is 12.4 Å². The summed E-state index contributed by atoms with van der Waals surface area (Å²) in [6, 6.07) is 0.853. The van der Waals surface area contributed by atoms with Crippen LogP contribution in [0.1, 0.15) is 18.7 Å². The molecule has 1 aliphatic carbocycles. The summed E-state index contributed by atoms with van der Waals surface area (Å²) in [5.41, 5.74) is 0. The highest BCUT2D eigenvalue weighted by Gasteiger charge is 2.27. The van der Waals surface area contributed by atoms with E-state index < -0.39 is 0 Å². The zero-order chi connectivity index (χ0) is 10.7. The number of hydrogen-bond acceptors (Lipinski definition) is 2. The average Bonchev–Trinajstić information content (AvgIpc) is 2.98. The number of aryl methyl sites for hydroxylation is 1. The van der Waals surface area contributed by atoms with E-state index in [-0.39, 0.29) is 0 Å². The largest absolute Gasteiger partial charge is 0.334 e. The highest BCUT2D eigenvalue weighted by molar-refractivity contribution is 9.09. The smallest absolute Gasteiger partial charge is 0.105 e. The molecule has 0 N–H and O–H groups in total. The van der Waals surface area contributed by atoms with Crippen molar-refractivity contribution in [1.82, 2.24) is 14.5 Å². The molecule has 0 spiro atoms. The summed E-state index contributed by atoms with van der Waals surface area (Å²) in [6.45, 7) is 5.44. The fourth-order valence-corrected chi connectivity index (χ4v) is 2.36. The molecular formula is C11H18BrN3. The Balaban J connectivity index is 1.82. The van der Waals surface area contributed by atoms with Crippen LogP contribution in [0.2, 0.25) is 0 Å². The SMILES string of the molecule is Cc1nccn1CCN(CCBr)C1CC1. The second-order valence-electron chi connectivity index (χ2n) is 4.12. The molecule has 1 heterocycles. The molecule has 3 nitrogen and oxygen atoms in total. The summed E-state index contributed by atoms with van der Waals surface area (Å²) >= 11 is 3.52. The van der Waals surface area contributed by atoms with Crippen molar-refractivity contribution in [3.8, 4) is 0 Å². The van der Waals surface area contributed by atoms with Crippen molar-refractivity contribution in [3.05, 3.63) is 18.2 Å². The van der Waals surface area contributed by atoms with Crippen LogP contribution in [0.25, 0.3) is 0 Å². The fourth-order valence-electron chi connectivity index (χ4n) is 1.90. The zero-order valence-electron chi connectivity index (χ0n) is 9.19. The number of halogens is 1. The predicted octanol–water partition coefficient (Wildman–Crippen LogP) is 2.05. The topological polar surface area (TPSA) is 21.1 Å². The molecule has 0 aliphatic heterocycles. The van der Waals surface area contributed by atoms with Gasteiger partial charge in [0.25, 0.3) is 0 Å². The molecule has 1 aliphatic rings. The zero-order valence-corrected chi connectivity index (χ0v) is 10.8. The van der Waals surface area contributed by atoms with Crippen molar-refractivity contribution in [3.63, 3.8) is 0 Å². The van der Waals surface area contributed by atoms with Crippen LogP contribution in [0, 0.1) is 6.92 Å². The molecule has 0 radical (unpaired) electrons. The van der Waals surface area contributed by atoms with Gasteiger partial charge < -0.3 is 4.57 Å². The summed E-state index contributed by atoms with van der Waals surface area (Å²) in [4.78, 5) is 6.81. The molecule has 1 saturated carbocycles. The summed E-state index contributed by atoms with van der Waals surface area (Å²) in [5, 5.41) is 1.08. The van der Waals surface area contributed by atoms with E-state index in [1.807, 2.05) is 6.20 Å². The minimum atomic E-state index is 0.853. The number of aromatic nitrogens is 2. The minimum Gasteiger partial charge on any atom is -0.334 e. The van der Waals surface area contributed by atoms with E-state index in [4.69, 9.17) is 0 Å². The molecule has 0 atom stereocenters. The first kappa shape index (κ1) is 11.1. The van der Waals surface area contributed by atoms with Gasteiger partial charge in [-0.25, -0.2) is 4.98 Å².